The van der Waals surface area contributed by atoms with Crippen molar-refractivity contribution in [2.24, 2.45) is 0 Å². The van der Waals surface area contributed by atoms with Crippen LogP contribution >= 0.6 is 11.8 Å². The number of methoxy groups -OCH3 is 1. The fourth-order valence-electron chi connectivity index (χ4n) is 1.95. The summed E-state index contributed by atoms with van der Waals surface area (Å²) in [4.78, 5) is 12.0. The molecule has 0 bridgehead atoms. The molecule has 0 aliphatic heterocycles. The van der Waals surface area contributed by atoms with Crippen LogP contribution in [0.3, 0.4) is 0 Å². The Morgan fingerprint density at radius 2 is 2.00 bits per heavy atom. The van der Waals surface area contributed by atoms with Crippen molar-refractivity contribution in [1.82, 2.24) is 0 Å². The lowest BCUT2D eigenvalue weighted by molar-refractivity contribution is -0.140. The van der Waals surface area contributed by atoms with Gasteiger partial charge >= 0.3 is 5.97 Å². The molecule has 0 radical (unpaired) electrons. The van der Waals surface area contributed by atoms with Crippen molar-refractivity contribution in [1.29, 1.82) is 5.26 Å². The zero-order valence-electron chi connectivity index (χ0n) is 11.7. The predicted molar refractivity (Wildman–Crippen MR) is 83.7 cm³/mol. The highest BCUT2D eigenvalue weighted by Gasteiger charge is 2.21. The van der Waals surface area contributed by atoms with E-state index in [1.54, 1.807) is 6.07 Å². The molecule has 1 atom stereocenters. The number of benzene rings is 2. The molecule has 3 nitrogen and oxygen atoms in total. The van der Waals surface area contributed by atoms with Gasteiger partial charge in [0, 0.05) is 5.75 Å². The van der Waals surface area contributed by atoms with Gasteiger partial charge in [-0.05, 0) is 23.3 Å². The molecule has 2 rings (SSSR count). The molecule has 2 aromatic carbocycles. The van der Waals surface area contributed by atoms with Gasteiger partial charge < -0.3 is 4.74 Å². The van der Waals surface area contributed by atoms with E-state index < -0.39 is 0 Å². The van der Waals surface area contributed by atoms with E-state index in [2.05, 4.69) is 6.07 Å². The summed E-state index contributed by atoms with van der Waals surface area (Å²) < 4.78 is 4.89. The molecule has 0 saturated heterocycles. The van der Waals surface area contributed by atoms with Gasteiger partial charge in [-0.2, -0.15) is 5.26 Å². The molecule has 4 heteroatoms. The van der Waals surface area contributed by atoms with E-state index in [4.69, 9.17) is 10.00 Å². The largest absolute Gasteiger partial charge is 0.468 e. The van der Waals surface area contributed by atoms with Gasteiger partial charge in [-0.3, -0.25) is 4.79 Å². The maximum Gasteiger partial charge on any atom is 0.323 e. The number of thioether (sulfide) groups is 1. The van der Waals surface area contributed by atoms with Crippen LogP contribution in [-0.2, 0) is 15.3 Å². The number of esters is 1. The highest BCUT2D eigenvalue weighted by molar-refractivity contribution is 7.99. The zero-order chi connectivity index (χ0) is 15.1. The highest BCUT2D eigenvalue weighted by Crippen LogP contribution is 2.32. The summed E-state index contributed by atoms with van der Waals surface area (Å²) in [5.41, 5.74) is 2.57. The van der Waals surface area contributed by atoms with Gasteiger partial charge in [-0.1, -0.05) is 42.5 Å². The van der Waals surface area contributed by atoms with Crippen LogP contribution in [0.2, 0.25) is 0 Å². The van der Waals surface area contributed by atoms with Gasteiger partial charge in [-0.15, -0.1) is 11.8 Å². The number of hydrogen-bond acceptors (Lipinski definition) is 4. The third-order valence-electron chi connectivity index (χ3n) is 2.99. The molecule has 21 heavy (non-hydrogen) atoms. The fraction of sp³-hybridized carbons (Fsp3) is 0.176. The molecule has 0 heterocycles. The molecule has 106 valence electrons. The van der Waals surface area contributed by atoms with Crippen LogP contribution in [0.1, 0.15) is 21.9 Å². The lowest BCUT2D eigenvalue weighted by Crippen LogP contribution is -2.11. The molecular weight excluding hydrogens is 282 g/mol. The maximum atomic E-state index is 12.0. The van der Waals surface area contributed by atoms with Gasteiger partial charge in [0.1, 0.15) is 5.25 Å². The molecule has 0 N–H and O–H groups in total. The Hall–Kier alpha value is -2.25. The summed E-state index contributed by atoms with van der Waals surface area (Å²) in [6, 6.07) is 19.1. The third-order valence-corrected chi connectivity index (χ3v) is 4.29. The van der Waals surface area contributed by atoms with Crippen molar-refractivity contribution in [2.75, 3.05) is 7.11 Å². The molecule has 0 amide bonds. The van der Waals surface area contributed by atoms with Crippen molar-refractivity contribution in [3.8, 4) is 6.07 Å². The topological polar surface area (TPSA) is 50.1 Å². The van der Waals surface area contributed by atoms with Gasteiger partial charge in [0.15, 0.2) is 0 Å². The van der Waals surface area contributed by atoms with E-state index in [1.807, 2.05) is 48.5 Å². The van der Waals surface area contributed by atoms with Crippen molar-refractivity contribution in [2.45, 2.75) is 11.0 Å². The standard InChI is InChI=1S/C17H15NO2S/c1-20-17(19)16(15-8-3-2-4-9-15)21-12-14-7-5-6-13(10-14)11-18/h2-10,16H,12H2,1H3. The third kappa shape index (κ3) is 4.11. The monoisotopic (exact) mass is 297 g/mol. The number of nitriles is 1. The van der Waals surface area contributed by atoms with Crippen molar-refractivity contribution >= 4 is 17.7 Å². The molecular formula is C17H15NO2S. The Bertz CT molecular complexity index is 649. The lowest BCUT2D eigenvalue weighted by Gasteiger charge is -2.14. The Balaban J connectivity index is 2.13. The van der Waals surface area contributed by atoms with Gasteiger partial charge in [0.25, 0.3) is 0 Å². The number of hydrogen-bond donors (Lipinski definition) is 0. The average molecular weight is 297 g/mol. The van der Waals surface area contributed by atoms with E-state index in [0.29, 0.717) is 11.3 Å². The first kappa shape index (κ1) is 15.1. The average Bonchev–Trinajstić information content (AvgIpc) is 2.56. The Kier molecular flexibility index (Phi) is 5.42. The van der Waals surface area contributed by atoms with Gasteiger partial charge in [0.05, 0.1) is 18.7 Å². The minimum Gasteiger partial charge on any atom is -0.468 e. The summed E-state index contributed by atoms with van der Waals surface area (Å²) >= 11 is 1.50. The highest BCUT2D eigenvalue weighted by atomic mass is 32.2. The number of rotatable bonds is 5. The molecule has 2 aromatic rings. The van der Waals surface area contributed by atoms with Crippen molar-refractivity contribution in [3.63, 3.8) is 0 Å². The second kappa shape index (κ2) is 7.51. The van der Waals surface area contributed by atoms with Crippen LogP contribution in [0, 0.1) is 11.3 Å². The smallest absolute Gasteiger partial charge is 0.323 e. The first-order valence-electron chi connectivity index (χ1n) is 6.48. The van der Waals surface area contributed by atoms with E-state index >= 15 is 0 Å². The molecule has 1 unspecified atom stereocenters. The number of nitrogens with zero attached hydrogens (tertiary/aromatic N) is 1. The summed E-state index contributed by atoms with van der Waals surface area (Å²) in [7, 11) is 1.40. The van der Waals surface area contributed by atoms with E-state index in [-0.39, 0.29) is 11.2 Å². The van der Waals surface area contributed by atoms with Crippen LogP contribution in [0.4, 0.5) is 0 Å². The number of ether oxygens (including phenoxy) is 1. The molecule has 0 spiro atoms. The van der Waals surface area contributed by atoms with Crippen molar-refractivity contribution in [3.05, 3.63) is 71.3 Å². The summed E-state index contributed by atoms with van der Waals surface area (Å²) in [5.74, 6) is 0.382. The maximum absolute atomic E-state index is 12.0. The van der Waals surface area contributed by atoms with E-state index in [1.165, 1.54) is 18.9 Å². The number of carbonyl (C=O) groups excluding carboxylic acids is 1. The molecule has 0 fully saturated rings. The van der Waals surface area contributed by atoms with Crippen molar-refractivity contribution < 1.29 is 9.53 Å². The van der Waals surface area contributed by atoms with Crippen LogP contribution in [0.15, 0.2) is 54.6 Å². The zero-order valence-corrected chi connectivity index (χ0v) is 12.5. The van der Waals surface area contributed by atoms with Crippen LogP contribution in [0.5, 0.6) is 0 Å². The van der Waals surface area contributed by atoms with Gasteiger partial charge in [-0.25, -0.2) is 0 Å². The number of carbonyl (C=O) groups is 1. The van der Waals surface area contributed by atoms with Gasteiger partial charge in [0.2, 0.25) is 0 Å². The fourth-order valence-corrected chi connectivity index (χ4v) is 3.07. The molecule has 0 aromatic heterocycles. The minimum absolute atomic E-state index is 0.261. The normalized spacial score (nSPS) is 11.4. The quantitative estimate of drug-likeness (QED) is 0.789. The summed E-state index contributed by atoms with van der Waals surface area (Å²) in [6.45, 7) is 0. The first-order valence-corrected chi connectivity index (χ1v) is 7.53. The lowest BCUT2D eigenvalue weighted by atomic mass is 10.1. The van der Waals surface area contributed by atoms with E-state index in [9.17, 15) is 4.79 Å². The Labute approximate surface area is 128 Å². The van der Waals surface area contributed by atoms with Crippen LogP contribution in [-0.4, -0.2) is 13.1 Å². The Morgan fingerprint density at radius 1 is 1.24 bits per heavy atom. The summed E-state index contributed by atoms with van der Waals surface area (Å²) in [6.07, 6.45) is 0. The minimum atomic E-state index is -0.359. The first-order chi connectivity index (χ1) is 10.2. The van der Waals surface area contributed by atoms with E-state index in [0.717, 1.165) is 11.1 Å². The van der Waals surface area contributed by atoms with Crippen LogP contribution in [0.25, 0.3) is 0 Å². The second-order valence-corrected chi connectivity index (χ2v) is 5.53. The SMILES string of the molecule is COC(=O)C(SCc1cccc(C#N)c1)c1ccccc1. The molecule has 0 aliphatic rings. The summed E-state index contributed by atoms with van der Waals surface area (Å²) in [5, 5.41) is 8.55. The predicted octanol–water partition coefficient (Wildman–Crippen LogP) is 3.71. The Morgan fingerprint density at radius 3 is 2.67 bits per heavy atom. The molecule has 0 aliphatic carbocycles. The second-order valence-electron chi connectivity index (χ2n) is 4.44. The molecule has 0 saturated carbocycles. The van der Waals surface area contributed by atoms with Crippen LogP contribution < -0.4 is 0 Å².